The van der Waals surface area contributed by atoms with Crippen molar-refractivity contribution in [3.63, 3.8) is 0 Å². The van der Waals surface area contributed by atoms with Crippen LogP contribution in [0, 0.1) is 0 Å². The Kier molecular flexibility index (Phi) is 3.31. The highest BCUT2D eigenvalue weighted by molar-refractivity contribution is 6.16. The van der Waals surface area contributed by atoms with Crippen LogP contribution in [0.3, 0.4) is 0 Å². The lowest BCUT2D eigenvalue weighted by Gasteiger charge is -2.12. The third-order valence-electron chi connectivity index (χ3n) is 1.97. The Hall–Kier alpha value is -0.570. The van der Waals surface area contributed by atoms with Crippen molar-refractivity contribution in [2.24, 2.45) is 0 Å². The zero-order valence-electron chi connectivity index (χ0n) is 8.58. The largest absolute Gasteiger partial charge is 0.246 e. The van der Waals surface area contributed by atoms with Gasteiger partial charge in [-0.05, 0) is 19.8 Å². The predicted molar refractivity (Wildman–Crippen MR) is 54.1 cm³/mol. The van der Waals surface area contributed by atoms with E-state index in [0.29, 0.717) is 17.8 Å². The minimum absolute atomic E-state index is 0.349. The predicted octanol–water partition coefficient (Wildman–Crippen LogP) is 2.72. The second kappa shape index (κ2) is 4.09. The summed E-state index contributed by atoms with van der Waals surface area (Å²) in [5.74, 6) is 0.867. The number of aromatic nitrogens is 3. The van der Waals surface area contributed by atoms with Crippen LogP contribution in [0.2, 0.25) is 0 Å². The molecule has 1 heterocycles. The van der Waals surface area contributed by atoms with E-state index in [1.807, 2.05) is 4.68 Å². The summed E-state index contributed by atoms with van der Waals surface area (Å²) in [6.07, 6.45) is 0. The van der Waals surface area contributed by atoms with Crippen molar-refractivity contribution in [3.8, 4) is 0 Å². The van der Waals surface area contributed by atoms with E-state index < -0.39 is 0 Å². The van der Waals surface area contributed by atoms with Crippen molar-refractivity contribution in [1.82, 2.24) is 15.0 Å². The van der Waals surface area contributed by atoms with Gasteiger partial charge in [-0.1, -0.05) is 19.1 Å². The fraction of sp³-hybridized carbons (Fsp3) is 0.778. The molecular weight excluding hydrogens is 186 g/mol. The van der Waals surface area contributed by atoms with E-state index in [9.17, 15) is 0 Å². The highest BCUT2D eigenvalue weighted by Gasteiger charge is 2.16. The lowest BCUT2D eigenvalue weighted by Crippen LogP contribution is -2.09. The molecule has 0 aliphatic carbocycles. The van der Waals surface area contributed by atoms with Gasteiger partial charge in [-0.3, -0.25) is 0 Å². The van der Waals surface area contributed by atoms with E-state index in [2.05, 4.69) is 38.0 Å². The van der Waals surface area contributed by atoms with Crippen molar-refractivity contribution in [1.29, 1.82) is 0 Å². The van der Waals surface area contributed by atoms with Gasteiger partial charge in [0.05, 0.1) is 11.6 Å². The van der Waals surface area contributed by atoms with Gasteiger partial charge in [-0.2, -0.15) is 0 Å². The summed E-state index contributed by atoms with van der Waals surface area (Å²) in [6, 6.07) is 0.349. The van der Waals surface area contributed by atoms with Crippen LogP contribution < -0.4 is 0 Å². The first kappa shape index (κ1) is 10.5. The Bertz CT molecular complexity index is 278. The lowest BCUT2D eigenvalue weighted by molar-refractivity contribution is 0.484. The molecule has 0 aliphatic rings. The Morgan fingerprint density at radius 3 is 2.31 bits per heavy atom. The van der Waals surface area contributed by atoms with Gasteiger partial charge in [0.1, 0.15) is 5.69 Å². The van der Waals surface area contributed by atoms with Crippen LogP contribution in [0.1, 0.15) is 51.0 Å². The quantitative estimate of drug-likeness (QED) is 0.705. The molecule has 0 atom stereocenters. The van der Waals surface area contributed by atoms with Gasteiger partial charge in [-0.15, -0.1) is 16.7 Å². The van der Waals surface area contributed by atoms with Gasteiger partial charge < -0.3 is 0 Å². The smallest absolute Gasteiger partial charge is 0.101 e. The highest BCUT2D eigenvalue weighted by atomic mass is 35.5. The summed E-state index contributed by atoms with van der Waals surface area (Å²) in [5, 5.41) is 8.15. The zero-order valence-corrected chi connectivity index (χ0v) is 9.34. The standard InChI is InChI=1S/C9H16ClN3/c1-6(2)9-8(5-10)11-12-13(9)7(3)4/h6-7H,5H2,1-4H3. The third-order valence-corrected chi connectivity index (χ3v) is 2.22. The Morgan fingerprint density at radius 2 is 1.92 bits per heavy atom. The number of halogens is 1. The Balaban J connectivity index is 3.14. The van der Waals surface area contributed by atoms with Gasteiger partial charge >= 0.3 is 0 Å². The fourth-order valence-electron chi connectivity index (χ4n) is 1.41. The molecule has 1 rings (SSSR count). The molecular formula is C9H16ClN3. The highest BCUT2D eigenvalue weighted by Crippen LogP contribution is 2.21. The summed E-state index contributed by atoms with van der Waals surface area (Å²) < 4.78 is 1.95. The summed E-state index contributed by atoms with van der Waals surface area (Å²) in [4.78, 5) is 0. The maximum atomic E-state index is 5.78. The molecule has 0 amide bonds. The summed E-state index contributed by atoms with van der Waals surface area (Å²) in [5.41, 5.74) is 2.07. The molecule has 1 aromatic heterocycles. The minimum atomic E-state index is 0.349. The van der Waals surface area contributed by atoms with Crippen LogP contribution in [0.15, 0.2) is 0 Å². The molecule has 0 unspecified atom stereocenters. The molecule has 1 aromatic rings. The van der Waals surface area contributed by atoms with Crippen LogP contribution in [0.25, 0.3) is 0 Å². The maximum absolute atomic E-state index is 5.78. The van der Waals surface area contributed by atoms with Gasteiger partial charge in [0.15, 0.2) is 0 Å². The second-order valence-corrected chi connectivity index (χ2v) is 4.02. The third kappa shape index (κ3) is 2.02. The van der Waals surface area contributed by atoms with Crippen LogP contribution in [-0.4, -0.2) is 15.0 Å². The second-order valence-electron chi connectivity index (χ2n) is 3.75. The van der Waals surface area contributed by atoms with E-state index in [1.54, 1.807) is 0 Å². The molecule has 0 bridgehead atoms. The first-order valence-corrected chi connectivity index (χ1v) is 5.11. The molecule has 3 nitrogen and oxygen atoms in total. The van der Waals surface area contributed by atoms with Crippen molar-refractivity contribution in [2.45, 2.75) is 45.5 Å². The summed E-state index contributed by atoms with van der Waals surface area (Å²) >= 11 is 5.78. The van der Waals surface area contributed by atoms with Gasteiger partial charge in [0.25, 0.3) is 0 Å². The van der Waals surface area contributed by atoms with Gasteiger partial charge in [0, 0.05) is 6.04 Å². The summed E-state index contributed by atoms with van der Waals surface area (Å²) in [6.45, 7) is 8.46. The number of hydrogen-bond acceptors (Lipinski definition) is 2. The number of nitrogens with zero attached hydrogens (tertiary/aromatic N) is 3. The van der Waals surface area contributed by atoms with Crippen molar-refractivity contribution in [3.05, 3.63) is 11.4 Å². The van der Waals surface area contributed by atoms with Crippen molar-refractivity contribution >= 4 is 11.6 Å². The average Bonchev–Trinajstić information content (AvgIpc) is 2.46. The fourth-order valence-corrected chi connectivity index (χ4v) is 1.60. The van der Waals surface area contributed by atoms with Crippen LogP contribution >= 0.6 is 11.6 Å². The molecule has 0 saturated carbocycles. The molecule has 0 aromatic carbocycles. The molecule has 0 N–H and O–H groups in total. The molecule has 0 spiro atoms. The Morgan fingerprint density at radius 1 is 1.31 bits per heavy atom. The monoisotopic (exact) mass is 201 g/mol. The van der Waals surface area contributed by atoms with E-state index in [-0.39, 0.29) is 0 Å². The molecule has 74 valence electrons. The van der Waals surface area contributed by atoms with E-state index in [4.69, 9.17) is 11.6 Å². The maximum Gasteiger partial charge on any atom is 0.101 e. The topological polar surface area (TPSA) is 30.7 Å². The molecule has 0 aliphatic heterocycles. The number of hydrogen-bond donors (Lipinski definition) is 0. The summed E-state index contributed by atoms with van der Waals surface area (Å²) in [7, 11) is 0. The van der Waals surface area contributed by atoms with Crippen LogP contribution in [0.4, 0.5) is 0 Å². The molecule has 4 heteroatoms. The minimum Gasteiger partial charge on any atom is -0.246 e. The first-order chi connectivity index (χ1) is 6.07. The van der Waals surface area contributed by atoms with Gasteiger partial charge in [0.2, 0.25) is 0 Å². The first-order valence-electron chi connectivity index (χ1n) is 4.57. The normalized spacial score (nSPS) is 11.6. The number of alkyl halides is 1. The average molecular weight is 202 g/mol. The molecule has 13 heavy (non-hydrogen) atoms. The number of rotatable bonds is 3. The van der Waals surface area contributed by atoms with Crippen molar-refractivity contribution < 1.29 is 0 Å². The van der Waals surface area contributed by atoms with E-state index in [0.717, 1.165) is 11.4 Å². The molecule has 0 fully saturated rings. The van der Waals surface area contributed by atoms with Crippen molar-refractivity contribution in [2.75, 3.05) is 0 Å². The van der Waals surface area contributed by atoms with Crippen LogP contribution in [-0.2, 0) is 5.88 Å². The molecule has 0 saturated heterocycles. The Labute approximate surface area is 84.1 Å². The van der Waals surface area contributed by atoms with Crippen LogP contribution in [0.5, 0.6) is 0 Å². The van der Waals surface area contributed by atoms with E-state index in [1.165, 1.54) is 0 Å². The van der Waals surface area contributed by atoms with Gasteiger partial charge in [-0.25, -0.2) is 4.68 Å². The van der Waals surface area contributed by atoms with E-state index >= 15 is 0 Å². The molecule has 0 radical (unpaired) electrons. The SMILES string of the molecule is CC(C)c1c(CCl)nnn1C(C)C. The zero-order chi connectivity index (χ0) is 10.0. The lowest BCUT2D eigenvalue weighted by atomic mass is 10.1.